The molecule has 1 fully saturated rings. The van der Waals surface area contributed by atoms with E-state index in [-0.39, 0.29) is 29.8 Å². The second-order valence-electron chi connectivity index (χ2n) is 9.99. The summed E-state index contributed by atoms with van der Waals surface area (Å²) in [6, 6.07) is 11.4. The molecule has 2 aromatic heterocycles. The summed E-state index contributed by atoms with van der Waals surface area (Å²) in [5.41, 5.74) is 10.4. The van der Waals surface area contributed by atoms with Crippen LogP contribution in [-0.4, -0.2) is 62.0 Å². The molecule has 0 bridgehead atoms. The van der Waals surface area contributed by atoms with E-state index in [4.69, 9.17) is 19.8 Å². The molecule has 3 heterocycles. The summed E-state index contributed by atoms with van der Waals surface area (Å²) in [6.45, 7) is 6.84. The summed E-state index contributed by atoms with van der Waals surface area (Å²) in [5, 5.41) is 19.8. The van der Waals surface area contributed by atoms with Crippen molar-refractivity contribution in [2.24, 2.45) is 11.0 Å². The van der Waals surface area contributed by atoms with Gasteiger partial charge in [0.25, 0.3) is 5.91 Å². The zero-order valence-electron chi connectivity index (χ0n) is 23.4. The second-order valence-corrected chi connectivity index (χ2v) is 9.99. The van der Waals surface area contributed by atoms with Gasteiger partial charge in [0.1, 0.15) is 12.4 Å². The predicted octanol–water partition coefficient (Wildman–Crippen LogP) is 3.35. The molecule has 0 saturated carbocycles. The quantitative estimate of drug-likeness (QED) is 0.200. The number of carbonyl (C=O) groups is 1. The number of amides is 1. The number of halogens is 1. The Balaban J connectivity index is 1.29. The molecule has 1 amide bonds. The van der Waals surface area contributed by atoms with Crippen molar-refractivity contribution in [3.8, 4) is 17.3 Å². The summed E-state index contributed by atoms with van der Waals surface area (Å²) >= 11 is 0. The minimum absolute atomic E-state index is 0.0341. The minimum Gasteiger partial charge on any atom is -0.490 e. The van der Waals surface area contributed by atoms with Gasteiger partial charge in [0.2, 0.25) is 11.6 Å². The highest BCUT2D eigenvalue weighted by Gasteiger charge is 2.27. The Labute approximate surface area is 241 Å². The summed E-state index contributed by atoms with van der Waals surface area (Å²) in [5.74, 6) is 0.952. The molecule has 3 N–H and O–H groups in total. The maximum Gasteiger partial charge on any atom is 0.293 e. The van der Waals surface area contributed by atoms with Crippen LogP contribution in [0.25, 0.3) is 5.82 Å². The van der Waals surface area contributed by atoms with Crippen LogP contribution in [0.15, 0.2) is 52.2 Å². The number of nitrogens with one attached hydrogen (secondary N) is 1. The number of hydrogen-bond donors (Lipinski definition) is 2. The first-order chi connectivity index (χ1) is 20.4. The van der Waals surface area contributed by atoms with Gasteiger partial charge in [0, 0.05) is 6.54 Å². The maximum absolute atomic E-state index is 13.5. The van der Waals surface area contributed by atoms with Gasteiger partial charge in [-0.2, -0.15) is 9.78 Å². The van der Waals surface area contributed by atoms with Gasteiger partial charge < -0.3 is 15.2 Å². The summed E-state index contributed by atoms with van der Waals surface area (Å²) < 4.78 is 31.2. The third-order valence-corrected chi connectivity index (χ3v) is 6.85. The SMILES string of the molecule is CCOc1cc(/C=N\NC(=O)c2nnn(-c3nonc3N)c2CN2CCC(C)CC2)ccc1OCc1cccc(F)c1. The van der Waals surface area contributed by atoms with Gasteiger partial charge in [-0.25, -0.2) is 14.4 Å². The molecule has 1 saturated heterocycles. The van der Waals surface area contributed by atoms with E-state index in [1.165, 1.54) is 23.0 Å². The van der Waals surface area contributed by atoms with E-state index >= 15 is 0 Å². The fourth-order valence-electron chi connectivity index (χ4n) is 4.56. The van der Waals surface area contributed by atoms with Crippen LogP contribution in [0.1, 0.15) is 54.0 Å². The highest BCUT2D eigenvalue weighted by Crippen LogP contribution is 2.29. The average Bonchev–Trinajstić information content (AvgIpc) is 3.59. The molecular formula is C28H32FN9O4. The van der Waals surface area contributed by atoms with Crippen molar-refractivity contribution in [3.05, 3.63) is 70.8 Å². The number of hydrogen-bond acceptors (Lipinski definition) is 11. The van der Waals surface area contributed by atoms with Crippen molar-refractivity contribution >= 4 is 17.9 Å². The Morgan fingerprint density at radius 2 is 2.02 bits per heavy atom. The summed E-state index contributed by atoms with van der Waals surface area (Å²) in [6.07, 6.45) is 3.59. The van der Waals surface area contributed by atoms with Crippen molar-refractivity contribution in [1.82, 2.24) is 35.6 Å². The third-order valence-electron chi connectivity index (χ3n) is 6.85. The zero-order valence-corrected chi connectivity index (χ0v) is 23.4. The number of benzene rings is 2. The van der Waals surface area contributed by atoms with Crippen LogP contribution >= 0.6 is 0 Å². The minimum atomic E-state index is -0.548. The number of nitrogens with two attached hydrogens (primary N) is 1. The molecule has 1 aliphatic heterocycles. The molecule has 1 aliphatic rings. The maximum atomic E-state index is 13.5. The van der Waals surface area contributed by atoms with E-state index in [0.717, 1.165) is 25.9 Å². The number of nitrogen functional groups attached to an aromatic ring is 1. The fraction of sp³-hybridized carbons (Fsp3) is 0.357. The number of likely N-dealkylation sites (tertiary alicyclic amines) is 1. The summed E-state index contributed by atoms with van der Waals surface area (Å²) in [4.78, 5) is 15.4. The number of ether oxygens (including phenoxy) is 2. The first kappa shape index (κ1) is 28.7. The van der Waals surface area contributed by atoms with Crippen LogP contribution in [0.2, 0.25) is 0 Å². The van der Waals surface area contributed by atoms with Gasteiger partial charge in [-0.05, 0) is 90.5 Å². The van der Waals surface area contributed by atoms with Crippen molar-refractivity contribution < 1.29 is 23.3 Å². The molecule has 5 rings (SSSR count). The van der Waals surface area contributed by atoms with Crippen molar-refractivity contribution in [3.63, 3.8) is 0 Å². The first-order valence-electron chi connectivity index (χ1n) is 13.6. The molecule has 0 unspecified atom stereocenters. The lowest BCUT2D eigenvalue weighted by atomic mass is 9.99. The van der Waals surface area contributed by atoms with Gasteiger partial charge in [-0.3, -0.25) is 9.69 Å². The largest absolute Gasteiger partial charge is 0.490 e. The lowest BCUT2D eigenvalue weighted by molar-refractivity contribution is 0.0946. The van der Waals surface area contributed by atoms with Crippen molar-refractivity contribution in [2.75, 3.05) is 25.4 Å². The van der Waals surface area contributed by atoms with Crippen LogP contribution < -0.4 is 20.6 Å². The highest BCUT2D eigenvalue weighted by molar-refractivity contribution is 5.94. The molecule has 13 nitrogen and oxygen atoms in total. The number of rotatable bonds is 11. The van der Waals surface area contributed by atoms with E-state index in [1.807, 2.05) is 6.92 Å². The zero-order chi connectivity index (χ0) is 29.5. The Kier molecular flexibility index (Phi) is 9.02. The van der Waals surface area contributed by atoms with Crippen LogP contribution in [0.5, 0.6) is 11.5 Å². The molecule has 0 aliphatic carbocycles. The number of anilines is 1. The number of nitrogens with zero attached hydrogens (tertiary/aromatic N) is 7. The van der Waals surface area contributed by atoms with Crippen molar-refractivity contribution in [2.45, 2.75) is 39.8 Å². The molecule has 0 atom stereocenters. The summed E-state index contributed by atoms with van der Waals surface area (Å²) in [7, 11) is 0. The van der Waals surface area contributed by atoms with E-state index in [1.54, 1.807) is 30.3 Å². The Morgan fingerprint density at radius 1 is 1.19 bits per heavy atom. The standard InChI is InChI=1S/C28H32FN9O4/c1-3-40-24-14-19(7-8-23(24)41-17-20-5-4-6-21(29)13-20)15-31-33-28(39)25-22(16-37-11-9-18(2)10-12-37)38(36-32-25)27-26(30)34-42-35-27/h4-8,13-15,18H,3,9-12,16-17H2,1-2H3,(H2,30,34)(H,33,39)/b31-15-. The fourth-order valence-corrected chi connectivity index (χ4v) is 4.56. The molecule has 14 heteroatoms. The molecule has 4 aromatic rings. The smallest absolute Gasteiger partial charge is 0.293 e. The number of hydrazone groups is 1. The molecular weight excluding hydrogens is 545 g/mol. The monoisotopic (exact) mass is 577 g/mol. The molecule has 0 radical (unpaired) electrons. The predicted molar refractivity (Wildman–Crippen MR) is 151 cm³/mol. The molecule has 42 heavy (non-hydrogen) atoms. The van der Waals surface area contributed by atoms with Gasteiger partial charge in [-0.15, -0.1) is 5.10 Å². The average molecular weight is 578 g/mol. The third kappa shape index (κ3) is 6.89. The first-order valence-corrected chi connectivity index (χ1v) is 13.6. The van der Waals surface area contributed by atoms with Gasteiger partial charge >= 0.3 is 0 Å². The van der Waals surface area contributed by atoms with E-state index in [0.29, 0.717) is 47.4 Å². The number of aromatic nitrogens is 5. The number of carbonyl (C=O) groups excluding carboxylic acids is 1. The highest BCUT2D eigenvalue weighted by atomic mass is 19.1. The van der Waals surface area contributed by atoms with Gasteiger partial charge in [-0.1, -0.05) is 24.3 Å². The van der Waals surface area contributed by atoms with E-state index < -0.39 is 5.91 Å². The van der Waals surface area contributed by atoms with Crippen LogP contribution in [0, 0.1) is 11.7 Å². The second kappa shape index (κ2) is 13.2. The van der Waals surface area contributed by atoms with Crippen molar-refractivity contribution in [1.29, 1.82) is 0 Å². The normalized spacial score (nSPS) is 14.4. The van der Waals surface area contributed by atoms with Crippen LogP contribution in [-0.2, 0) is 13.2 Å². The Morgan fingerprint density at radius 3 is 2.76 bits per heavy atom. The van der Waals surface area contributed by atoms with Crippen LogP contribution in [0.3, 0.4) is 0 Å². The Hall–Kier alpha value is -4.85. The van der Waals surface area contributed by atoms with Gasteiger partial charge in [0.15, 0.2) is 17.2 Å². The lowest BCUT2D eigenvalue weighted by Crippen LogP contribution is -2.34. The van der Waals surface area contributed by atoms with Crippen LogP contribution in [0.4, 0.5) is 10.2 Å². The molecule has 2 aromatic carbocycles. The van der Waals surface area contributed by atoms with E-state index in [9.17, 15) is 9.18 Å². The molecule has 220 valence electrons. The topological polar surface area (TPSA) is 159 Å². The van der Waals surface area contributed by atoms with E-state index in [2.05, 4.69) is 43.0 Å². The molecule has 0 spiro atoms. The Bertz CT molecular complexity index is 1550. The van der Waals surface area contributed by atoms with Gasteiger partial charge in [0.05, 0.1) is 18.5 Å². The number of piperidine rings is 1. The lowest BCUT2D eigenvalue weighted by Gasteiger charge is -2.30.